The van der Waals surface area contributed by atoms with Crippen molar-refractivity contribution in [2.75, 3.05) is 25.0 Å². The Morgan fingerprint density at radius 3 is 2.75 bits per heavy atom. The average Bonchev–Trinajstić information content (AvgIpc) is 2.56. The molecule has 1 heterocycles. The highest BCUT2D eigenvalue weighted by Crippen LogP contribution is 2.16. The third-order valence-corrected chi connectivity index (χ3v) is 3.41. The molecule has 2 nitrogen and oxygen atoms in total. The number of para-hydroxylation sites is 1. The van der Waals surface area contributed by atoms with Crippen LogP contribution in [0, 0.1) is 0 Å². The summed E-state index contributed by atoms with van der Waals surface area (Å²) in [6.07, 6.45) is 3.88. The lowest BCUT2D eigenvalue weighted by atomic mass is 10.1. The van der Waals surface area contributed by atoms with Gasteiger partial charge in [-0.1, -0.05) is 25.1 Å². The van der Waals surface area contributed by atoms with E-state index in [0.29, 0.717) is 6.04 Å². The van der Waals surface area contributed by atoms with Crippen LogP contribution in [0.1, 0.15) is 26.2 Å². The van der Waals surface area contributed by atoms with Gasteiger partial charge in [0, 0.05) is 18.3 Å². The first kappa shape index (κ1) is 11.5. The first-order chi connectivity index (χ1) is 7.88. The van der Waals surface area contributed by atoms with Crippen molar-refractivity contribution in [3.8, 4) is 0 Å². The molecule has 1 atom stereocenters. The number of hydrogen-bond acceptors (Lipinski definition) is 2. The normalized spacial score (nSPS) is 22.7. The third-order valence-electron chi connectivity index (χ3n) is 3.41. The summed E-state index contributed by atoms with van der Waals surface area (Å²) in [5, 5.41) is 3.64. The summed E-state index contributed by atoms with van der Waals surface area (Å²) < 4.78 is 0. The lowest BCUT2D eigenvalue weighted by Crippen LogP contribution is -2.26. The lowest BCUT2D eigenvalue weighted by molar-refractivity contribution is 0.300. The minimum absolute atomic E-state index is 0.652. The standard InChI is InChI=1S/C14H22N2/c1-2-16-11-6-9-14(10-12-16)15-13-7-4-3-5-8-13/h3-5,7-8,14-15H,2,6,9-12H2,1H3. The lowest BCUT2D eigenvalue weighted by Gasteiger charge is -2.19. The summed E-state index contributed by atoms with van der Waals surface area (Å²) in [7, 11) is 0. The van der Waals surface area contributed by atoms with Crippen LogP contribution in [-0.2, 0) is 0 Å². The predicted octanol–water partition coefficient (Wildman–Crippen LogP) is 2.97. The Kier molecular flexibility index (Phi) is 4.23. The van der Waals surface area contributed by atoms with Crippen molar-refractivity contribution in [2.45, 2.75) is 32.2 Å². The molecule has 0 aliphatic carbocycles. The molecule has 1 N–H and O–H groups in total. The monoisotopic (exact) mass is 218 g/mol. The molecule has 88 valence electrons. The highest BCUT2D eigenvalue weighted by atomic mass is 15.1. The molecule has 2 heteroatoms. The number of nitrogens with one attached hydrogen (secondary N) is 1. The van der Waals surface area contributed by atoms with E-state index in [9.17, 15) is 0 Å². The highest BCUT2D eigenvalue weighted by Gasteiger charge is 2.15. The number of anilines is 1. The van der Waals surface area contributed by atoms with Crippen LogP contribution in [0.3, 0.4) is 0 Å². The Labute approximate surface area is 98.7 Å². The minimum Gasteiger partial charge on any atom is -0.382 e. The Hall–Kier alpha value is -1.02. The van der Waals surface area contributed by atoms with E-state index in [1.807, 2.05) is 0 Å². The summed E-state index contributed by atoms with van der Waals surface area (Å²) in [4.78, 5) is 2.55. The van der Waals surface area contributed by atoms with Crippen molar-refractivity contribution >= 4 is 5.69 Å². The van der Waals surface area contributed by atoms with Crippen LogP contribution in [0.4, 0.5) is 5.69 Å². The smallest absolute Gasteiger partial charge is 0.0342 e. The molecular formula is C14H22N2. The Balaban J connectivity index is 1.86. The van der Waals surface area contributed by atoms with Crippen molar-refractivity contribution in [1.82, 2.24) is 4.90 Å². The molecule has 1 unspecified atom stereocenters. The fraction of sp³-hybridized carbons (Fsp3) is 0.571. The van der Waals surface area contributed by atoms with Crippen LogP contribution in [-0.4, -0.2) is 30.6 Å². The van der Waals surface area contributed by atoms with Crippen molar-refractivity contribution in [3.05, 3.63) is 30.3 Å². The van der Waals surface area contributed by atoms with Crippen molar-refractivity contribution < 1.29 is 0 Å². The third kappa shape index (κ3) is 3.24. The van der Waals surface area contributed by atoms with E-state index < -0.39 is 0 Å². The Morgan fingerprint density at radius 2 is 2.00 bits per heavy atom. The molecule has 1 aromatic rings. The highest BCUT2D eigenvalue weighted by molar-refractivity contribution is 5.43. The molecule has 16 heavy (non-hydrogen) atoms. The maximum atomic E-state index is 3.64. The van der Waals surface area contributed by atoms with Gasteiger partial charge in [0.1, 0.15) is 0 Å². The first-order valence-corrected chi connectivity index (χ1v) is 6.42. The second-order valence-corrected chi connectivity index (χ2v) is 4.57. The van der Waals surface area contributed by atoms with Crippen molar-refractivity contribution in [3.63, 3.8) is 0 Å². The number of rotatable bonds is 3. The molecule has 1 aliphatic heterocycles. The first-order valence-electron chi connectivity index (χ1n) is 6.42. The molecular weight excluding hydrogens is 196 g/mol. The predicted molar refractivity (Wildman–Crippen MR) is 69.8 cm³/mol. The molecule has 2 rings (SSSR count). The molecule has 1 aliphatic rings. The van der Waals surface area contributed by atoms with E-state index in [0.717, 1.165) is 0 Å². The second-order valence-electron chi connectivity index (χ2n) is 4.57. The van der Waals surface area contributed by atoms with Gasteiger partial charge in [-0.2, -0.15) is 0 Å². The van der Waals surface area contributed by atoms with Crippen LogP contribution in [0.15, 0.2) is 30.3 Å². The van der Waals surface area contributed by atoms with Crippen LogP contribution >= 0.6 is 0 Å². The van der Waals surface area contributed by atoms with Crippen molar-refractivity contribution in [2.24, 2.45) is 0 Å². The summed E-state index contributed by atoms with van der Waals surface area (Å²) in [6.45, 7) is 5.95. The van der Waals surface area contributed by atoms with Crippen LogP contribution in [0.25, 0.3) is 0 Å². The molecule has 1 saturated heterocycles. The van der Waals surface area contributed by atoms with E-state index in [1.165, 1.54) is 44.6 Å². The van der Waals surface area contributed by atoms with Gasteiger partial charge in [-0.15, -0.1) is 0 Å². The van der Waals surface area contributed by atoms with Gasteiger partial charge in [-0.05, 0) is 44.5 Å². The summed E-state index contributed by atoms with van der Waals surface area (Å²) in [6, 6.07) is 11.2. The van der Waals surface area contributed by atoms with Gasteiger partial charge in [0.15, 0.2) is 0 Å². The van der Waals surface area contributed by atoms with Gasteiger partial charge in [-0.25, -0.2) is 0 Å². The molecule has 0 radical (unpaired) electrons. The maximum Gasteiger partial charge on any atom is 0.0342 e. The molecule has 0 amide bonds. The molecule has 0 bridgehead atoms. The zero-order chi connectivity index (χ0) is 11.2. The second kappa shape index (κ2) is 5.90. The van der Waals surface area contributed by atoms with E-state index in [-0.39, 0.29) is 0 Å². The molecule has 0 aromatic heterocycles. The fourth-order valence-electron chi connectivity index (χ4n) is 2.39. The Morgan fingerprint density at radius 1 is 1.19 bits per heavy atom. The molecule has 1 aromatic carbocycles. The van der Waals surface area contributed by atoms with Gasteiger partial charge in [0.25, 0.3) is 0 Å². The zero-order valence-electron chi connectivity index (χ0n) is 10.2. The number of likely N-dealkylation sites (tertiary alicyclic amines) is 1. The van der Waals surface area contributed by atoms with Gasteiger partial charge < -0.3 is 10.2 Å². The average molecular weight is 218 g/mol. The topological polar surface area (TPSA) is 15.3 Å². The number of hydrogen-bond donors (Lipinski definition) is 1. The van der Waals surface area contributed by atoms with E-state index in [1.54, 1.807) is 0 Å². The number of benzene rings is 1. The SMILES string of the molecule is CCN1CCCC(Nc2ccccc2)CC1. The summed E-state index contributed by atoms with van der Waals surface area (Å²) in [5.41, 5.74) is 1.26. The molecule has 0 saturated carbocycles. The van der Waals surface area contributed by atoms with E-state index in [4.69, 9.17) is 0 Å². The van der Waals surface area contributed by atoms with Crippen LogP contribution in [0.2, 0.25) is 0 Å². The Bertz CT molecular complexity index is 297. The fourth-order valence-corrected chi connectivity index (χ4v) is 2.39. The molecule has 0 spiro atoms. The van der Waals surface area contributed by atoms with Gasteiger partial charge in [0.05, 0.1) is 0 Å². The summed E-state index contributed by atoms with van der Waals surface area (Å²) >= 11 is 0. The van der Waals surface area contributed by atoms with Crippen LogP contribution < -0.4 is 5.32 Å². The van der Waals surface area contributed by atoms with Crippen LogP contribution in [0.5, 0.6) is 0 Å². The maximum absolute atomic E-state index is 3.64. The van der Waals surface area contributed by atoms with Gasteiger partial charge in [0.2, 0.25) is 0 Å². The largest absolute Gasteiger partial charge is 0.382 e. The quantitative estimate of drug-likeness (QED) is 0.839. The minimum atomic E-state index is 0.652. The number of nitrogens with zero attached hydrogens (tertiary/aromatic N) is 1. The molecule has 1 fully saturated rings. The van der Waals surface area contributed by atoms with E-state index >= 15 is 0 Å². The zero-order valence-corrected chi connectivity index (χ0v) is 10.2. The van der Waals surface area contributed by atoms with Gasteiger partial charge in [-0.3, -0.25) is 0 Å². The van der Waals surface area contributed by atoms with Crippen molar-refractivity contribution in [1.29, 1.82) is 0 Å². The van der Waals surface area contributed by atoms with E-state index in [2.05, 4.69) is 47.5 Å². The van der Waals surface area contributed by atoms with Gasteiger partial charge >= 0.3 is 0 Å². The summed E-state index contributed by atoms with van der Waals surface area (Å²) in [5.74, 6) is 0.